The van der Waals surface area contributed by atoms with E-state index in [1.165, 1.54) is 4.90 Å². The van der Waals surface area contributed by atoms with Crippen molar-refractivity contribution in [2.24, 2.45) is 5.92 Å². The molecular weight excluding hydrogens is 230 g/mol. The Kier molecular flexibility index (Phi) is 5.17. The van der Waals surface area contributed by atoms with Crippen LogP contribution in [-0.2, 0) is 9.59 Å². The highest BCUT2D eigenvalue weighted by atomic mass is 16.4. The molecule has 18 heavy (non-hydrogen) atoms. The summed E-state index contributed by atoms with van der Waals surface area (Å²) in [6, 6.07) is 0. The monoisotopic (exact) mass is 255 g/mol. The van der Waals surface area contributed by atoms with E-state index in [2.05, 4.69) is 0 Å². The minimum atomic E-state index is -0.956. The summed E-state index contributed by atoms with van der Waals surface area (Å²) in [5, 5.41) is 9.51. The first-order valence-corrected chi connectivity index (χ1v) is 6.94. The zero-order valence-electron chi connectivity index (χ0n) is 11.7. The predicted molar refractivity (Wildman–Crippen MR) is 70.3 cm³/mol. The van der Waals surface area contributed by atoms with Gasteiger partial charge >= 0.3 is 5.97 Å². The Morgan fingerprint density at radius 2 is 1.83 bits per heavy atom. The number of carboxylic acids is 1. The fourth-order valence-corrected chi connectivity index (χ4v) is 2.65. The van der Waals surface area contributed by atoms with Crippen LogP contribution < -0.4 is 0 Å². The van der Waals surface area contributed by atoms with Gasteiger partial charge in [0.1, 0.15) is 5.54 Å². The van der Waals surface area contributed by atoms with Gasteiger partial charge in [-0.25, -0.2) is 4.79 Å². The van der Waals surface area contributed by atoms with Gasteiger partial charge in [-0.2, -0.15) is 0 Å². The Morgan fingerprint density at radius 3 is 2.28 bits per heavy atom. The fraction of sp³-hybridized carbons (Fsp3) is 0.857. The van der Waals surface area contributed by atoms with Gasteiger partial charge in [0.25, 0.3) is 0 Å². The molecule has 0 spiro atoms. The van der Waals surface area contributed by atoms with Crippen LogP contribution >= 0.6 is 0 Å². The molecule has 1 amide bonds. The van der Waals surface area contributed by atoms with E-state index >= 15 is 0 Å². The largest absolute Gasteiger partial charge is 0.479 e. The van der Waals surface area contributed by atoms with E-state index in [4.69, 9.17) is 0 Å². The van der Waals surface area contributed by atoms with Gasteiger partial charge in [-0.15, -0.1) is 0 Å². The van der Waals surface area contributed by atoms with E-state index in [0.29, 0.717) is 25.2 Å². The molecule has 4 nitrogen and oxygen atoms in total. The van der Waals surface area contributed by atoms with Gasteiger partial charge in [-0.3, -0.25) is 4.79 Å². The Bertz CT molecular complexity index is 308. The molecule has 0 radical (unpaired) electrons. The van der Waals surface area contributed by atoms with Crippen LogP contribution in [0.1, 0.15) is 58.8 Å². The van der Waals surface area contributed by atoms with Gasteiger partial charge in [-0.05, 0) is 18.8 Å². The Hall–Kier alpha value is -1.06. The summed E-state index contributed by atoms with van der Waals surface area (Å²) < 4.78 is 0. The molecule has 1 unspecified atom stereocenters. The quantitative estimate of drug-likeness (QED) is 0.821. The molecule has 104 valence electrons. The third-order valence-electron chi connectivity index (χ3n) is 4.31. The summed E-state index contributed by atoms with van der Waals surface area (Å²) in [7, 11) is 1.66. The van der Waals surface area contributed by atoms with Gasteiger partial charge in [0.2, 0.25) is 5.91 Å². The zero-order chi connectivity index (χ0) is 13.8. The molecule has 0 aliphatic heterocycles. The average Bonchev–Trinajstić information content (AvgIpc) is 2.38. The van der Waals surface area contributed by atoms with Gasteiger partial charge in [0.05, 0.1) is 0 Å². The van der Waals surface area contributed by atoms with Crippen LogP contribution in [0.3, 0.4) is 0 Å². The van der Waals surface area contributed by atoms with Crippen LogP contribution in [-0.4, -0.2) is 34.5 Å². The van der Waals surface area contributed by atoms with Crippen LogP contribution in [0.15, 0.2) is 0 Å². The summed E-state index contributed by atoms with van der Waals surface area (Å²) in [5.74, 6) is -0.565. The summed E-state index contributed by atoms with van der Waals surface area (Å²) in [6.07, 6.45) is 5.43. The van der Waals surface area contributed by atoms with Crippen LogP contribution in [0, 0.1) is 5.92 Å². The molecule has 0 heterocycles. The summed E-state index contributed by atoms with van der Waals surface area (Å²) in [4.78, 5) is 25.3. The highest BCUT2D eigenvalue weighted by Gasteiger charge is 2.45. The Balaban J connectivity index is 2.79. The van der Waals surface area contributed by atoms with Crippen LogP contribution in [0.25, 0.3) is 0 Å². The first kappa shape index (κ1) is 15.0. The zero-order valence-corrected chi connectivity index (χ0v) is 11.7. The second-order valence-corrected chi connectivity index (χ2v) is 5.57. The molecular formula is C14H25NO3. The number of carbonyl (C=O) groups excluding carboxylic acids is 1. The third-order valence-corrected chi connectivity index (χ3v) is 4.31. The number of hydrogen-bond acceptors (Lipinski definition) is 2. The van der Waals surface area contributed by atoms with Crippen molar-refractivity contribution in [2.75, 3.05) is 7.05 Å². The SMILES string of the molecule is CCC(C)CC(=O)N(C)C1(C(=O)O)CCCCC1. The van der Waals surface area contributed by atoms with Crippen LogP contribution in [0.2, 0.25) is 0 Å². The number of nitrogens with zero attached hydrogens (tertiary/aromatic N) is 1. The second-order valence-electron chi connectivity index (χ2n) is 5.57. The number of carboxylic acid groups (broad SMARTS) is 1. The second kappa shape index (κ2) is 6.21. The summed E-state index contributed by atoms with van der Waals surface area (Å²) in [5.41, 5.74) is -0.956. The van der Waals surface area contributed by atoms with Crippen molar-refractivity contribution in [1.29, 1.82) is 0 Å². The van der Waals surface area contributed by atoms with E-state index in [0.717, 1.165) is 25.7 Å². The number of carbonyl (C=O) groups is 2. The lowest BCUT2D eigenvalue weighted by atomic mass is 9.80. The lowest BCUT2D eigenvalue weighted by Crippen LogP contribution is -2.56. The number of likely N-dealkylation sites (N-methyl/N-ethyl adjacent to an activating group) is 1. The number of amides is 1. The molecule has 1 aliphatic carbocycles. The van der Waals surface area contributed by atoms with Crippen LogP contribution in [0.5, 0.6) is 0 Å². The van der Waals surface area contributed by atoms with Crippen molar-refractivity contribution < 1.29 is 14.7 Å². The molecule has 1 fully saturated rings. The highest BCUT2D eigenvalue weighted by molar-refractivity contribution is 5.87. The van der Waals surface area contributed by atoms with Gasteiger partial charge in [0, 0.05) is 13.5 Å². The normalized spacial score (nSPS) is 20.2. The summed E-state index contributed by atoms with van der Waals surface area (Å²) >= 11 is 0. The highest BCUT2D eigenvalue weighted by Crippen LogP contribution is 2.34. The molecule has 1 aliphatic rings. The van der Waals surface area contributed by atoms with E-state index in [-0.39, 0.29) is 5.91 Å². The Labute approximate surface area is 109 Å². The van der Waals surface area contributed by atoms with Crippen molar-refractivity contribution in [1.82, 2.24) is 4.90 Å². The van der Waals surface area contributed by atoms with Crippen molar-refractivity contribution in [3.63, 3.8) is 0 Å². The van der Waals surface area contributed by atoms with E-state index < -0.39 is 11.5 Å². The standard InChI is InChI=1S/C14H25NO3/c1-4-11(2)10-12(16)15(3)14(13(17)18)8-6-5-7-9-14/h11H,4-10H2,1-3H3,(H,17,18). The smallest absolute Gasteiger partial charge is 0.329 e. The molecule has 0 aromatic carbocycles. The average molecular weight is 255 g/mol. The lowest BCUT2D eigenvalue weighted by Gasteiger charge is -2.41. The first-order chi connectivity index (χ1) is 8.44. The Morgan fingerprint density at radius 1 is 1.28 bits per heavy atom. The van der Waals surface area contributed by atoms with Crippen molar-refractivity contribution in [2.45, 2.75) is 64.3 Å². The number of rotatable bonds is 5. The molecule has 1 rings (SSSR count). The third kappa shape index (κ3) is 3.03. The molecule has 0 saturated heterocycles. The molecule has 0 aromatic heterocycles. The lowest BCUT2D eigenvalue weighted by molar-refractivity contribution is -0.160. The van der Waals surface area contributed by atoms with Crippen molar-refractivity contribution in [3.05, 3.63) is 0 Å². The molecule has 4 heteroatoms. The topological polar surface area (TPSA) is 57.6 Å². The number of aliphatic carboxylic acids is 1. The maximum Gasteiger partial charge on any atom is 0.329 e. The minimum Gasteiger partial charge on any atom is -0.479 e. The minimum absolute atomic E-state index is 0.0337. The van der Waals surface area contributed by atoms with Gasteiger partial charge in [-0.1, -0.05) is 39.5 Å². The van der Waals surface area contributed by atoms with Crippen LogP contribution in [0.4, 0.5) is 0 Å². The van der Waals surface area contributed by atoms with E-state index in [1.807, 2.05) is 13.8 Å². The van der Waals surface area contributed by atoms with Gasteiger partial charge < -0.3 is 10.0 Å². The first-order valence-electron chi connectivity index (χ1n) is 6.94. The maximum absolute atomic E-state index is 12.2. The molecule has 1 N–H and O–H groups in total. The summed E-state index contributed by atoms with van der Waals surface area (Å²) in [6.45, 7) is 4.07. The fourth-order valence-electron chi connectivity index (χ4n) is 2.65. The molecule has 1 saturated carbocycles. The molecule has 0 aromatic rings. The van der Waals surface area contributed by atoms with E-state index in [1.54, 1.807) is 7.05 Å². The number of hydrogen-bond donors (Lipinski definition) is 1. The maximum atomic E-state index is 12.2. The molecule has 0 bridgehead atoms. The predicted octanol–water partition coefficient (Wildman–Crippen LogP) is 2.67. The molecule has 1 atom stereocenters. The van der Waals surface area contributed by atoms with Crippen molar-refractivity contribution in [3.8, 4) is 0 Å². The van der Waals surface area contributed by atoms with Crippen molar-refractivity contribution >= 4 is 11.9 Å². The van der Waals surface area contributed by atoms with E-state index in [9.17, 15) is 14.7 Å². The van der Waals surface area contributed by atoms with Gasteiger partial charge in [0.15, 0.2) is 0 Å².